The van der Waals surface area contributed by atoms with E-state index in [1.807, 2.05) is 24.3 Å². The van der Waals surface area contributed by atoms with Crippen LogP contribution in [0.3, 0.4) is 0 Å². The molecule has 0 radical (unpaired) electrons. The Balaban J connectivity index is 2.30. The predicted molar refractivity (Wildman–Crippen MR) is 76.1 cm³/mol. The molecule has 2 rings (SSSR count). The lowest BCUT2D eigenvalue weighted by molar-refractivity contribution is -0.132. The lowest BCUT2D eigenvalue weighted by atomic mass is 10.0. The van der Waals surface area contributed by atoms with Gasteiger partial charge < -0.3 is 14.2 Å². The molecular weight excluding hydrogens is 299 g/mol. The summed E-state index contributed by atoms with van der Waals surface area (Å²) in [6.45, 7) is 0.717. The SMILES string of the molecule is CO[Si](CCC(F)(F)F)(OC)C1NCCc2ccccc21. The molecule has 0 spiro atoms. The van der Waals surface area contributed by atoms with Crippen LogP contribution in [0.25, 0.3) is 0 Å². The number of halogens is 3. The fraction of sp³-hybridized carbons (Fsp3) is 0.571. The van der Waals surface area contributed by atoms with Crippen molar-refractivity contribution in [3.05, 3.63) is 35.4 Å². The first-order valence-corrected chi connectivity index (χ1v) is 9.00. The summed E-state index contributed by atoms with van der Waals surface area (Å²) in [6.07, 6.45) is -4.23. The van der Waals surface area contributed by atoms with Crippen LogP contribution >= 0.6 is 0 Å². The van der Waals surface area contributed by atoms with Crippen molar-refractivity contribution < 1.29 is 22.0 Å². The molecular formula is C14H20F3NO2Si. The van der Waals surface area contributed by atoms with Gasteiger partial charge in [-0.25, -0.2) is 0 Å². The van der Waals surface area contributed by atoms with E-state index in [1.165, 1.54) is 14.2 Å². The van der Waals surface area contributed by atoms with Gasteiger partial charge in [0.2, 0.25) is 0 Å². The van der Waals surface area contributed by atoms with E-state index < -0.39 is 21.2 Å². The van der Waals surface area contributed by atoms with Gasteiger partial charge in [-0.3, -0.25) is 0 Å². The molecule has 1 unspecified atom stereocenters. The number of alkyl halides is 3. The highest BCUT2D eigenvalue weighted by Crippen LogP contribution is 2.37. The van der Waals surface area contributed by atoms with E-state index in [0.29, 0.717) is 0 Å². The molecule has 21 heavy (non-hydrogen) atoms. The molecule has 118 valence electrons. The van der Waals surface area contributed by atoms with Crippen molar-refractivity contribution in [1.82, 2.24) is 5.32 Å². The molecule has 1 aromatic carbocycles. The Morgan fingerprint density at radius 2 is 1.90 bits per heavy atom. The fourth-order valence-corrected chi connectivity index (χ4v) is 6.06. The van der Waals surface area contributed by atoms with Crippen LogP contribution in [0.5, 0.6) is 0 Å². The first-order chi connectivity index (χ1) is 9.92. The van der Waals surface area contributed by atoms with Crippen molar-refractivity contribution in [1.29, 1.82) is 0 Å². The smallest absolute Gasteiger partial charge is 0.389 e. The second-order valence-electron chi connectivity index (χ2n) is 5.17. The molecule has 1 heterocycles. The standard InChI is InChI=1S/C14H20F3NO2Si/c1-19-21(20-2,10-8-14(15,16)17)13-12-6-4-3-5-11(12)7-9-18-13/h3-6,13,18H,7-10H2,1-2H3. The molecule has 3 nitrogen and oxygen atoms in total. The Bertz CT molecular complexity index is 478. The molecule has 7 heteroatoms. The molecule has 1 aliphatic rings. The molecule has 1 N–H and O–H groups in total. The molecule has 0 saturated heterocycles. The van der Waals surface area contributed by atoms with Crippen LogP contribution in [0.1, 0.15) is 23.2 Å². The van der Waals surface area contributed by atoms with Crippen LogP contribution in [-0.2, 0) is 15.3 Å². The minimum atomic E-state index is -4.20. The monoisotopic (exact) mass is 319 g/mol. The maximum Gasteiger partial charge on any atom is 0.389 e. The van der Waals surface area contributed by atoms with E-state index in [2.05, 4.69) is 5.32 Å². The van der Waals surface area contributed by atoms with Gasteiger partial charge in [0, 0.05) is 26.7 Å². The van der Waals surface area contributed by atoms with E-state index in [0.717, 1.165) is 24.1 Å². The zero-order valence-corrected chi connectivity index (χ0v) is 13.2. The van der Waals surface area contributed by atoms with Crippen molar-refractivity contribution in [2.75, 3.05) is 20.8 Å². The van der Waals surface area contributed by atoms with Crippen molar-refractivity contribution in [3.63, 3.8) is 0 Å². The normalized spacial score (nSPS) is 19.4. The molecule has 0 bridgehead atoms. The highest BCUT2D eigenvalue weighted by molar-refractivity contribution is 6.68. The Morgan fingerprint density at radius 3 is 2.52 bits per heavy atom. The third-order valence-electron chi connectivity index (χ3n) is 4.00. The fourth-order valence-electron chi connectivity index (χ4n) is 2.88. The molecule has 0 aromatic heterocycles. The number of hydrogen-bond donors (Lipinski definition) is 1. The van der Waals surface area contributed by atoms with Gasteiger partial charge in [0.15, 0.2) is 0 Å². The van der Waals surface area contributed by atoms with Crippen LogP contribution in [-0.4, -0.2) is 35.5 Å². The predicted octanol–water partition coefficient (Wildman–Crippen LogP) is 3.10. The number of fused-ring (bicyclic) bond motifs is 1. The van der Waals surface area contributed by atoms with Gasteiger partial charge in [-0.2, -0.15) is 13.2 Å². The van der Waals surface area contributed by atoms with Gasteiger partial charge in [0.25, 0.3) is 0 Å². The van der Waals surface area contributed by atoms with Gasteiger partial charge >= 0.3 is 14.7 Å². The van der Waals surface area contributed by atoms with Gasteiger partial charge in [-0.1, -0.05) is 24.3 Å². The minimum Gasteiger partial charge on any atom is -0.397 e. The first-order valence-electron chi connectivity index (χ1n) is 6.90. The topological polar surface area (TPSA) is 30.5 Å². The Morgan fingerprint density at radius 1 is 1.24 bits per heavy atom. The lowest BCUT2D eigenvalue weighted by Gasteiger charge is -2.39. The van der Waals surface area contributed by atoms with Crippen molar-refractivity contribution in [3.8, 4) is 0 Å². The average Bonchev–Trinajstić information content (AvgIpc) is 2.48. The Kier molecular flexibility index (Phi) is 5.08. The summed E-state index contributed by atoms with van der Waals surface area (Å²) in [4.78, 5) is 0. The molecule has 1 atom stereocenters. The second kappa shape index (κ2) is 6.47. The molecule has 0 amide bonds. The summed E-state index contributed by atoms with van der Waals surface area (Å²) in [5.41, 5.74) is 1.88. The van der Waals surface area contributed by atoms with Gasteiger partial charge in [0.05, 0.1) is 5.67 Å². The van der Waals surface area contributed by atoms with E-state index in [9.17, 15) is 13.2 Å². The van der Waals surface area contributed by atoms with Crippen LogP contribution in [0, 0.1) is 0 Å². The van der Waals surface area contributed by atoms with Gasteiger partial charge in [0.1, 0.15) is 0 Å². The maximum atomic E-state index is 12.6. The molecule has 0 fully saturated rings. The Hall–Kier alpha value is -0.893. The molecule has 0 saturated carbocycles. The molecule has 1 aliphatic heterocycles. The third-order valence-corrected chi connectivity index (χ3v) is 7.72. The van der Waals surface area contributed by atoms with E-state index in [1.54, 1.807) is 0 Å². The molecule has 0 aliphatic carbocycles. The second-order valence-corrected chi connectivity index (χ2v) is 8.69. The van der Waals surface area contributed by atoms with Crippen molar-refractivity contribution in [2.45, 2.75) is 30.7 Å². The van der Waals surface area contributed by atoms with E-state index >= 15 is 0 Å². The zero-order valence-electron chi connectivity index (χ0n) is 12.2. The number of rotatable bonds is 5. The van der Waals surface area contributed by atoms with Crippen LogP contribution in [0.15, 0.2) is 24.3 Å². The van der Waals surface area contributed by atoms with Crippen LogP contribution in [0.2, 0.25) is 6.04 Å². The lowest BCUT2D eigenvalue weighted by Crippen LogP contribution is -2.55. The summed E-state index contributed by atoms with van der Waals surface area (Å²) in [7, 11) is -0.136. The van der Waals surface area contributed by atoms with Crippen LogP contribution in [0.4, 0.5) is 13.2 Å². The van der Waals surface area contributed by atoms with E-state index in [4.69, 9.17) is 8.85 Å². The third kappa shape index (κ3) is 3.66. The van der Waals surface area contributed by atoms with Gasteiger partial charge in [-0.15, -0.1) is 0 Å². The summed E-state index contributed by atoms with van der Waals surface area (Å²) in [6, 6.07) is 7.68. The zero-order chi connectivity index (χ0) is 15.5. The van der Waals surface area contributed by atoms with Gasteiger partial charge in [-0.05, 0) is 24.1 Å². The number of nitrogens with one attached hydrogen (secondary N) is 1. The summed E-state index contributed by atoms with van der Waals surface area (Å²) < 4.78 is 48.9. The van der Waals surface area contributed by atoms with Crippen LogP contribution < -0.4 is 5.32 Å². The first kappa shape index (κ1) is 16.5. The maximum absolute atomic E-state index is 12.6. The average molecular weight is 319 g/mol. The summed E-state index contributed by atoms with van der Waals surface area (Å²) >= 11 is 0. The van der Waals surface area contributed by atoms with Crippen molar-refractivity contribution in [2.24, 2.45) is 0 Å². The quantitative estimate of drug-likeness (QED) is 0.846. The summed E-state index contributed by atoms with van der Waals surface area (Å²) in [5.74, 6) is 0. The Labute approximate surface area is 123 Å². The highest BCUT2D eigenvalue weighted by atomic mass is 28.4. The number of benzene rings is 1. The van der Waals surface area contributed by atoms with Crippen molar-refractivity contribution >= 4 is 8.56 Å². The largest absolute Gasteiger partial charge is 0.397 e. The van der Waals surface area contributed by atoms with E-state index in [-0.39, 0.29) is 11.7 Å². The summed E-state index contributed by atoms with van der Waals surface area (Å²) in [5, 5.41) is 3.30. The highest BCUT2D eigenvalue weighted by Gasteiger charge is 2.49. The molecule has 1 aromatic rings. The number of hydrogen-bond acceptors (Lipinski definition) is 3. The minimum absolute atomic E-state index is 0.116.